The topological polar surface area (TPSA) is 125 Å². The fourth-order valence-electron chi connectivity index (χ4n) is 3.19. The van der Waals surface area contributed by atoms with E-state index in [1.54, 1.807) is 18.2 Å². The molecule has 4 aromatic rings. The van der Waals surface area contributed by atoms with Crippen molar-refractivity contribution < 1.29 is 23.0 Å². The Morgan fingerprint density at radius 1 is 1.07 bits per heavy atom. The van der Waals surface area contributed by atoms with Gasteiger partial charge in [-0.15, -0.1) is 0 Å². The van der Waals surface area contributed by atoms with Crippen molar-refractivity contribution in [2.45, 2.75) is 0 Å². The van der Waals surface area contributed by atoms with Gasteiger partial charge in [-0.1, -0.05) is 0 Å². The Labute approximate surface area is 165 Å². The average Bonchev–Trinajstić information content (AvgIpc) is 3.31. The molecule has 0 saturated heterocycles. The first-order valence-corrected chi connectivity index (χ1v) is 8.60. The van der Waals surface area contributed by atoms with Crippen LogP contribution in [-0.4, -0.2) is 32.2 Å². The first-order valence-electron chi connectivity index (χ1n) is 8.60. The zero-order valence-electron chi connectivity index (χ0n) is 15.0. The minimum Gasteiger partial charge on any atom is -0.454 e. The molecule has 1 aliphatic rings. The standard InChI is InChI=1S/C19H11F2N5O4/c20-10-3-1-8(5-11(10)21)17-23-14(16(22)27)15-18(25-17)26(19(28)24-15)9-2-4-12-13(6-9)30-7-29-12/h1-6H,7H2,(H2,22,27)(H,24,28). The number of hydrogen-bond acceptors (Lipinski definition) is 6. The van der Waals surface area contributed by atoms with E-state index in [9.17, 15) is 18.4 Å². The first-order chi connectivity index (χ1) is 14.4. The van der Waals surface area contributed by atoms with E-state index in [0.29, 0.717) is 17.2 Å². The van der Waals surface area contributed by atoms with E-state index in [-0.39, 0.29) is 35.0 Å². The van der Waals surface area contributed by atoms with Crippen molar-refractivity contribution in [1.82, 2.24) is 19.5 Å². The van der Waals surface area contributed by atoms with Gasteiger partial charge in [0, 0.05) is 11.6 Å². The van der Waals surface area contributed by atoms with Gasteiger partial charge in [-0.3, -0.25) is 4.79 Å². The Morgan fingerprint density at radius 2 is 1.87 bits per heavy atom. The van der Waals surface area contributed by atoms with Crippen molar-refractivity contribution in [2.75, 3.05) is 6.79 Å². The van der Waals surface area contributed by atoms with Crippen LogP contribution in [0.15, 0.2) is 41.2 Å². The molecule has 30 heavy (non-hydrogen) atoms. The molecule has 0 aliphatic carbocycles. The Hall–Kier alpha value is -4.28. The number of carbonyl (C=O) groups is 1. The number of hydrogen-bond donors (Lipinski definition) is 2. The Morgan fingerprint density at radius 3 is 2.63 bits per heavy atom. The molecule has 0 unspecified atom stereocenters. The molecule has 3 heterocycles. The number of amides is 1. The second-order valence-electron chi connectivity index (χ2n) is 6.39. The number of imidazole rings is 1. The number of halogens is 2. The highest BCUT2D eigenvalue weighted by Gasteiger charge is 2.22. The number of aromatic amines is 1. The van der Waals surface area contributed by atoms with E-state index >= 15 is 0 Å². The summed E-state index contributed by atoms with van der Waals surface area (Å²) in [5.41, 5.74) is 5.06. The predicted molar refractivity (Wildman–Crippen MR) is 99.5 cm³/mol. The smallest absolute Gasteiger partial charge is 0.332 e. The van der Waals surface area contributed by atoms with Gasteiger partial charge in [0.1, 0.15) is 5.52 Å². The number of ether oxygens (including phenoxy) is 2. The van der Waals surface area contributed by atoms with Crippen molar-refractivity contribution >= 4 is 17.1 Å². The fourth-order valence-corrected chi connectivity index (χ4v) is 3.19. The second-order valence-corrected chi connectivity index (χ2v) is 6.39. The van der Waals surface area contributed by atoms with Crippen LogP contribution in [0.5, 0.6) is 11.5 Å². The molecule has 9 nitrogen and oxygen atoms in total. The molecule has 0 bridgehead atoms. The molecular formula is C19H11F2N5O4. The summed E-state index contributed by atoms with van der Waals surface area (Å²) < 4.78 is 38.8. The third-order valence-electron chi connectivity index (χ3n) is 4.56. The maximum absolute atomic E-state index is 13.7. The third kappa shape index (κ3) is 2.67. The number of nitrogens with zero attached hydrogens (tertiary/aromatic N) is 3. The number of fused-ring (bicyclic) bond motifs is 2. The Balaban J connectivity index is 1.79. The number of carbonyl (C=O) groups excluding carboxylic acids is 1. The number of rotatable bonds is 3. The summed E-state index contributed by atoms with van der Waals surface area (Å²) in [6.45, 7) is 0.0514. The van der Waals surface area contributed by atoms with Crippen LogP contribution in [0.25, 0.3) is 28.2 Å². The summed E-state index contributed by atoms with van der Waals surface area (Å²) in [4.78, 5) is 35.5. The number of nitrogens with two attached hydrogens (primary N) is 1. The van der Waals surface area contributed by atoms with Crippen LogP contribution < -0.4 is 20.9 Å². The van der Waals surface area contributed by atoms with Crippen LogP contribution in [0, 0.1) is 11.6 Å². The van der Waals surface area contributed by atoms with Gasteiger partial charge < -0.3 is 20.2 Å². The SMILES string of the molecule is NC(=O)c1nc(-c2ccc(F)c(F)c2)nc2c1[nH]c(=O)n2-c1ccc2c(c1)OCO2. The summed E-state index contributed by atoms with van der Waals surface area (Å²) in [6, 6.07) is 7.84. The number of aromatic nitrogens is 4. The highest BCUT2D eigenvalue weighted by atomic mass is 19.2. The molecule has 1 amide bonds. The lowest BCUT2D eigenvalue weighted by Gasteiger charge is -2.07. The van der Waals surface area contributed by atoms with Gasteiger partial charge >= 0.3 is 5.69 Å². The van der Waals surface area contributed by atoms with Crippen molar-refractivity contribution in [3.05, 3.63) is 64.2 Å². The van der Waals surface area contributed by atoms with Crippen LogP contribution in [0.2, 0.25) is 0 Å². The Kier molecular flexibility index (Phi) is 3.78. The van der Waals surface area contributed by atoms with E-state index in [0.717, 1.165) is 12.1 Å². The zero-order chi connectivity index (χ0) is 21.0. The van der Waals surface area contributed by atoms with Crippen LogP contribution in [0.3, 0.4) is 0 Å². The van der Waals surface area contributed by atoms with Crippen LogP contribution >= 0.6 is 0 Å². The number of benzene rings is 2. The van der Waals surface area contributed by atoms with E-state index in [1.165, 1.54) is 10.6 Å². The number of H-pyrrole nitrogens is 1. The molecule has 0 saturated carbocycles. The lowest BCUT2D eigenvalue weighted by Crippen LogP contribution is -2.15. The summed E-state index contributed by atoms with van der Waals surface area (Å²) in [5, 5.41) is 0. The van der Waals surface area contributed by atoms with Gasteiger partial charge in [0.25, 0.3) is 5.91 Å². The summed E-state index contributed by atoms with van der Waals surface area (Å²) in [5.74, 6) is -2.25. The first kappa shape index (κ1) is 17.8. The highest BCUT2D eigenvalue weighted by molar-refractivity contribution is 6.02. The van der Waals surface area contributed by atoms with Crippen molar-refractivity contribution in [3.63, 3.8) is 0 Å². The van der Waals surface area contributed by atoms with Gasteiger partial charge in [-0.25, -0.2) is 28.1 Å². The molecule has 2 aromatic heterocycles. The lowest BCUT2D eigenvalue weighted by atomic mass is 10.2. The molecule has 2 aromatic carbocycles. The quantitative estimate of drug-likeness (QED) is 0.530. The molecule has 0 radical (unpaired) electrons. The number of nitrogens with one attached hydrogen (secondary N) is 1. The molecule has 0 atom stereocenters. The van der Waals surface area contributed by atoms with E-state index in [1.807, 2.05) is 0 Å². The van der Waals surface area contributed by atoms with Gasteiger partial charge in [-0.05, 0) is 30.3 Å². The van der Waals surface area contributed by atoms with E-state index in [4.69, 9.17) is 15.2 Å². The van der Waals surface area contributed by atoms with Gasteiger partial charge in [0.15, 0.2) is 40.3 Å². The maximum atomic E-state index is 13.7. The predicted octanol–water partition coefficient (Wildman–Crippen LogP) is 1.88. The zero-order valence-corrected chi connectivity index (χ0v) is 15.0. The summed E-state index contributed by atoms with van der Waals surface area (Å²) >= 11 is 0. The van der Waals surface area contributed by atoms with Gasteiger partial charge in [0.05, 0.1) is 5.69 Å². The summed E-state index contributed by atoms with van der Waals surface area (Å²) in [6.07, 6.45) is 0. The fraction of sp³-hybridized carbons (Fsp3) is 0.0526. The molecule has 11 heteroatoms. The minimum absolute atomic E-state index is 0.0106. The molecule has 0 spiro atoms. The Bertz CT molecular complexity index is 1410. The normalized spacial score (nSPS) is 12.5. The molecular weight excluding hydrogens is 400 g/mol. The largest absolute Gasteiger partial charge is 0.454 e. The molecule has 3 N–H and O–H groups in total. The minimum atomic E-state index is -1.11. The molecule has 0 fully saturated rings. The van der Waals surface area contributed by atoms with Crippen molar-refractivity contribution in [3.8, 4) is 28.6 Å². The molecule has 150 valence electrons. The molecule has 1 aliphatic heterocycles. The third-order valence-corrected chi connectivity index (χ3v) is 4.56. The lowest BCUT2D eigenvalue weighted by molar-refractivity contribution is 0.0997. The second kappa shape index (κ2) is 6.37. The van der Waals surface area contributed by atoms with E-state index < -0.39 is 23.2 Å². The summed E-state index contributed by atoms with van der Waals surface area (Å²) in [7, 11) is 0. The highest BCUT2D eigenvalue weighted by Crippen LogP contribution is 2.34. The van der Waals surface area contributed by atoms with Crippen LogP contribution in [-0.2, 0) is 0 Å². The maximum Gasteiger partial charge on any atom is 0.332 e. The molecule has 5 rings (SSSR count). The van der Waals surface area contributed by atoms with Crippen molar-refractivity contribution in [1.29, 1.82) is 0 Å². The average molecular weight is 411 g/mol. The monoisotopic (exact) mass is 411 g/mol. The van der Waals surface area contributed by atoms with Gasteiger partial charge in [-0.2, -0.15) is 0 Å². The van der Waals surface area contributed by atoms with Crippen LogP contribution in [0.1, 0.15) is 10.5 Å². The van der Waals surface area contributed by atoms with Gasteiger partial charge in [0.2, 0.25) is 6.79 Å². The number of primary amides is 1. The van der Waals surface area contributed by atoms with Crippen molar-refractivity contribution in [2.24, 2.45) is 5.73 Å². The van der Waals surface area contributed by atoms with E-state index in [2.05, 4.69) is 15.0 Å². The van der Waals surface area contributed by atoms with Crippen LogP contribution in [0.4, 0.5) is 8.78 Å².